The highest BCUT2D eigenvalue weighted by molar-refractivity contribution is 7.09. The Balaban J connectivity index is 1.89. The molecule has 0 bridgehead atoms. The van der Waals surface area contributed by atoms with Crippen LogP contribution in [0.5, 0.6) is 0 Å². The van der Waals surface area contributed by atoms with Crippen LogP contribution in [-0.4, -0.2) is 16.6 Å². The van der Waals surface area contributed by atoms with Gasteiger partial charge in [0.25, 0.3) is 0 Å². The third kappa shape index (κ3) is 3.88. The summed E-state index contributed by atoms with van der Waals surface area (Å²) >= 11 is 1.63. The van der Waals surface area contributed by atoms with Crippen LogP contribution >= 0.6 is 11.3 Å². The topological polar surface area (TPSA) is 45.1 Å². The molecule has 0 saturated heterocycles. The van der Waals surface area contributed by atoms with E-state index < -0.39 is 6.10 Å². The molecule has 2 N–H and O–H groups in total. The first-order chi connectivity index (χ1) is 9.58. The van der Waals surface area contributed by atoms with E-state index in [1.54, 1.807) is 17.5 Å². The van der Waals surface area contributed by atoms with Crippen LogP contribution in [0.15, 0.2) is 35.8 Å². The summed E-state index contributed by atoms with van der Waals surface area (Å²) in [4.78, 5) is 4.27. The van der Waals surface area contributed by atoms with E-state index in [9.17, 15) is 5.11 Å². The van der Waals surface area contributed by atoms with Gasteiger partial charge in [0, 0.05) is 18.1 Å². The number of aliphatic hydroxyl groups excluding tert-OH is 1. The van der Waals surface area contributed by atoms with Gasteiger partial charge in [0.2, 0.25) is 0 Å². The Kier molecular flexibility index (Phi) is 5.29. The number of benzene rings is 1. The second-order valence-corrected chi connectivity index (χ2v) is 6.26. The summed E-state index contributed by atoms with van der Waals surface area (Å²) in [7, 11) is 0. The van der Waals surface area contributed by atoms with Crippen LogP contribution in [0.4, 0.5) is 0 Å². The van der Waals surface area contributed by atoms with Crippen molar-refractivity contribution in [1.82, 2.24) is 10.3 Å². The lowest BCUT2D eigenvalue weighted by atomic mass is 10.00. The van der Waals surface area contributed by atoms with Gasteiger partial charge in [-0.15, -0.1) is 11.3 Å². The fourth-order valence-corrected chi connectivity index (χ4v) is 2.72. The van der Waals surface area contributed by atoms with E-state index in [4.69, 9.17) is 0 Å². The van der Waals surface area contributed by atoms with Crippen LogP contribution in [0.3, 0.4) is 0 Å². The second-order valence-electron chi connectivity index (χ2n) is 5.34. The van der Waals surface area contributed by atoms with Crippen LogP contribution in [-0.2, 0) is 0 Å². The normalized spacial score (nSPS) is 14.4. The minimum absolute atomic E-state index is 0.166. The van der Waals surface area contributed by atoms with Gasteiger partial charge in [-0.3, -0.25) is 0 Å². The number of thiazole rings is 1. The number of rotatable bonds is 6. The van der Waals surface area contributed by atoms with Crippen LogP contribution < -0.4 is 5.32 Å². The average Bonchev–Trinajstić information content (AvgIpc) is 2.98. The van der Waals surface area contributed by atoms with Crippen LogP contribution in [0.25, 0.3) is 0 Å². The molecule has 3 nitrogen and oxygen atoms in total. The molecule has 1 heterocycles. The van der Waals surface area contributed by atoms with Crippen molar-refractivity contribution in [3.05, 3.63) is 52.0 Å². The zero-order valence-corrected chi connectivity index (χ0v) is 13.0. The number of hydrogen-bond acceptors (Lipinski definition) is 4. The molecule has 2 rings (SSSR count). The van der Waals surface area contributed by atoms with Gasteiger partial charge in [-0.05, 0) is 24.0 Å². The van der Waals surface area contributed by atoms with Crippen LogP contribution in [0.1, 0.15) is 55.0 Å². The Morgan fingerprint density at radius 3 is 2.35 bits per heavy atom. The first-order valence-corrected chi connectivity index (χ1v) is 7.86. The molecule has 0 spiro atoms. The highest BCUT2D eigenvalue weighted by Crippen LogP contribution is 2.20. The highest BCUT2D eigenvalue weighted by atomic mass is 32.1. The zero-order valence-electron chi connectivity index (χ0n) is 12.2. The molecule has 2 aromatic rings. The third-order valence-electron chi connectivity index (χ3n) is 3.43. The molecule has 2 atom stereocenters. The SMILES string of the molecule is CC(C)c1ccc(C(O)CNC(C)c2nccs2)cc1. The van der Waals surface area contributed by atoms with Gasteiger partial charge in [-0.25, -0.2) is 4.98 Å². The van der Waals surface area contributed by atoms with E-state index in [0.717, 1.165) is 10.6 Å². The Bertz CT molecular complexity index is 508. The number of nitrogens with zero attached hydrogens (tertiary/aromatic N) is 1. The average molecular weight is 290 g/mol. The van der Waals surface area contributed by atoms with Crippen molar-refractivity contribution in [3.8, 4) is 0 Å². The Hall–Kier alpha value is -1.23. The van der Waals surface area contributed by atoms with E-state index in [1.807, 2.05) is 17.5 Å². The molecule has 0 aliphatic heterocycles. The summed E-state index contributed by atoms with van der Waals surface area (Å²) in [6, 6.07) is 8.37. The maximum Gasteiger partial charge on any atom is 0.109 e. The summed E-state index contributed by atoms with van der Waals surface area (Å²) in [5.41, 5.74) is 2.25. The molecule has 0 saturated carbocycles. The van der Waals surface area contributed by atoms with E-state index in [0.29, 0.717) is 12.5 Å². The standard InChI is InChI=1S/C16H22N2OS/c1-11(2)13-4-6-14(7-5-13)15(19)10-18-12(3)16-17-8-9-20-16/h4-9,11-12,15,18-19H,10H2,1-3H3. The Labute approximate surface area is 124 Å². The van der Waals surface area contributed by atoms with Crippen molar-refractivity contribution in [2.75, 3.05) is 6.54 Å². The van der Waals surface area contributed by atoms with Crippen LogP contribution in [0, 0.1) is 0 Å². The maximum absolute atomic E-state index is 10.2. The number of aliphatic hydroxyl groups is 1. The van der Waals surface area contributed by atoms with Crippen molar-refractivity contribution in [3.63, 3.8) is 0 Å². The molecule has 0 aliphatic carbocycles. The first-order valence-electron chi connectivity index (χ1n) is 6.98. The molecule has 0 fully saturated rings. The fourth-order valence-electron chi connectivity index (χ4n) is 2.04. The lowest BCUT2D eigenvalue weighted by molar-refractivity contribution is 0.170. The van der Waals surface area contributed by atoms with E-state index in [1.165, 1.54) is 5.56 Å². The predicted octanol–water partition coefficient (Wildman–Crippen LogP) is 3.65. The van der Waals surface area contributed by atoms with E-state index >= 15 is 0 Å². The monoisotopic (exact) mass is 290 g/mol. The molecular weight excluding hydrogens is 268 g/mol. The van der Waals surface area contributed by atoms with Crippen molar-refractivity contribution in [2.24, 2.45) is 0 Å². The molecule has 1 aromatic heterocycles. The molecule has 1 aromatic carbocycles. The number of aromatic nitrogens is 1. The van der Waals surface area contributed by atoms with Gasteiger partial charge < -0.3 is 10.4 Å². The summed E-state index contributed by atoms with van der Waals surface area (Å²) in [5, 5.41) is 16.6. The van der Waals surface area contributed by atoms with Crippen molar-refractivity contribution in [2.45, 2.75) is 38.8 Å². The third-order valence-corrected chi connectivity index (χ3v) is 4.39. The molecule has 0 amide bonds. The van der Waals surface area contributed by atoms with Gasteiger partial charge in [-0.1, -0.05) is 38.1 Å². The second kappa shape index (κ2) is 6.97. The van der Waals surface area contributed by atoms with E-state index in [-0.39, 0.29) is 6.04 Å². The van der Waals surface area contributed by atoms with Crippen molar-refractivity contribution in [1.29, 1.82) is 0 Å². The molecule has 2 unspecified atom stereocenters. The summed E-state index contributed by atoms with van der Waals surface area (Å²) in [6.07, 6.45) is 1.32. The quantitative estimate of drug-likeness (QED) is 0.853. The molecule has 108 valence electrons. The minimum Gasteiger partial charge on any atom is -0.387 e. The smallest absolute Gasteiger partial charge is 0.109 e. The highest BCUT2D eigenvalue weighted by Gasteiger charge is 2.12. The van der Waals surface area contributed by atoms with Gasteiger partial charge >= 0.3 is 0 Å². The molecule has 0 radical (unpaired) electrons. The van der Waals surface area contributed by atoms with Gasteiger partial charge in [0.1, 0.15) is 5.01 Å². The summed E-state index contributed by atoms with van der Waals surface area (Å²) < 4.78 is 0. The fraction of sp³-hybridized carbons (Fsp3) is 0.438. The summed E-state index contributed by atoms with van der Waals surface area (Å²) in [6.45, 7) is 6.93. The minimum atomic E-state index is -0.487. The van der Waals surface area contributed by atoms with Gasteiger partial charge in [-0.2, -0.15) is 0 Å². The van der Waals surface area contributed by atoms with Crippen molar-refractivity contribution >= 4 is 11.3 Å². The predicted molar refractivity (Wildman–Crippen MR) is 84.0 cm³/mol. The van der Waals surface area contributed by atoms with Gasteiger partial charge in [0.15, 0.2) is 0 Å². The Morgan fingerprint density at radius 2 is 1.80 bits per heavy atom. The van der Waals surface area contributed by atoms with Gasteiger partial charge in [0.05, 0.1) is 12.1 Å². The van der Waals surface area contributed by atoms with E-state index in [2.05, 4.69) is 43.2 Å². The van der Waals surface area contributed by atoms with Crippen molar-refractivity contribution < 1.29 is 5.11 Å². The number of nitrogens with one attached hydrogen (secondary N) is 1. The molecular formula is C16H22N2OS. The number of hydrogen-bond donors (Lipinski definition) is 2. The largest absolute Gasteiger partial charge is 0.387 e. The molecule has 20 heavy (non-hydrogen) atoms. The first kappa shape index (κ1) is 15.2. The molecule has 0 aliphatic rings. The lowest BCUT2D eigenvalue weighted by Crippen LogP contribution is -2.24. The van der Waals surface area contributed by atoms with Crippen LogP contribution in [0.2, 0.25) is 0 Å². The summed E-state index contributed by atoms with van der Waals surface area (Å²) in [5.74, 6) is 0.518. The molecule has 4 heteroatoms. The lowest BCUT2D eigenvalue weighted by Gasteiger charge is -2.16. The zero-order chi connectivity index (χ0) is 14.5. The maximum atomic E-state index is 10.2. The Morgan fingerprint density at radius 1 is 1.15 bits per heavy atom.